The van der Waals surface area contributed by atoms with Crippen molar-refractivity contribution in [1.29, 1.82) is 0 Å². The number of carbonyl (C=O) groups is 1. The summed E-state index contributed by atoms with van der Waals surface area (Å²) in [6.45, 7) is 2.35. The van der Waals surface area contributed by atoms with Gasteiger partial charge in [-0.2, -0.15) is 0 Å². The van der Waals surface area contributed by atoms with Gasteiger partial charge in [-0.25, -0.2) is 4.98 Å². The normalized spacial score (nSPS) is 16.2. The predicted octanol–water partition coefficient (Wildman–Crippen LogP) is 1.97. The summed E-state index contributed by atoms with van der Waals surface area (Å²) in [5.41, 5.74) is 0.429. The molecule has 1 aromatic rings. The Bertz CT molecular complexity index is 408. The fraction of sp³-hybridized carbons (Fsp3) is 0.400. The van der Waals surface area contributed by atoms with E-state index in [1.54, 1.807) is 17.2 Å². The molecule has 2 heterocycles. The van der Waals surface area contributed by atoms with Crippen LogP contribution >= 0.6 is 27.5 Å². The molecule has 0 bridgehead atoms. The molecule has 1 aromatic heterocycles. The number of hydrogen-bond acceptors (Lipinski definition) is 3. The smallest absolute Gasteiger partial charge is 0.257 e. The first-order valence-electron chi connectivity index (χ1n) is 4.86. The first-order valence-corrected chi connectivity index (χ1v) is 6.03. The molecule has 1 aliphatic heterocycles. The number of carbonyl (C=O) groups excluding carboxylic acids is 1. The van der Waals surface area contributed by atoms with Crippen LogP contribution in [-0.4, -0.2) is 42.1 Å². The van der Waals surface area contributed by atoms with E-state index in [9.17, 15) is 4.79 Å². The van der Waals surface area contributed by atoms with Crippen LogP contribution in [0.1, 0.15) is 10.4 Å². The van der Waals surface area contributed by atoms with Crippen LogP contribution in [0.5, 0.6) is 0 Å². The first-order chi connectivity index (χ1) is 7.68. The average Bonchev–Trinajstić information content (AvgIpc) is 2.32. The van der Waals surface area contributed by atoms with E-state index < -0.39 is 0 Å². The molecule has 0 aliphatic carbocycles. The van der Waals surface area contributed by atoms with E-state index in [0.29, 0.717) is 31.9 Å². The highest BCUT2D eigenvalue weighted by Crippen LogP contribution is 2.20. The van der Waals surface area contributed by atoms with E-state index in [2.05, 4.69) is 20.9 Å². The van der Waals surface area contributed by atoms with E-state index in [4.69, 9.17) is 16.3 Å². The minimum atomic E-state index is -0.0953. The van der Waals surface area contributed by atoms with Crippen molar-refractivity contribution in [2.45, 2.75) is 0 Å². The fourth-order valence-electron chi connectivity index (χ4n) is 1.51. The third-order valence-electron chi connectivity index (χ3n) is 2.33. The van der Waals surface area contributed by atoms with Crippen molar-refractivity contribution in [3.63, 3.8) is 0 Å². The highest BCUT2D eigenvalue weighted by atomic mass is 79.9. The van der Waals surface area contributed by atoms with Crippen LogP contribution in [-0.2, 0) is 4.74 Å². The number of halogens is 2. The number of rotatable bonds is 1. The van der Waals surface area contributed by atoms with Crippen molar-refractivity contribution < 1.29 is 9.53 Å². The van der Waals surface area contributed by atoms with E-state index >= 15 is 0 Å². The summed E-state index contributed by atoms with van der Waals surface area (Å²) in [7, 11) is 0. The van der Waals surface area contributed by atoms with Crippen molar-refractivity contribution in [2.24, 2.45) is 0 Å². The number of hydrogen-bond donors (Lipinski definition) is 0. The Hall–Kier alpha value is -0.650. The Balaban J connectivity index is 2.22. The van der Waals surface area contributed by atoms with Gasteiger partial charge >= 0.3 is 0 Å². The second kappa shape index (κ2) is 5.12. The van der Waals surface area contributed by atoms with E-state index in [1.165, 1.54) is 0 Å². The maximum Gasteiger partial charge on any atom is 0.257 e. The second-order valence-corrected chi connectivity index (χ2v) is 4.67. The van der Waals surface area contributed by atoms with Crippen LogP contribution in [0.2, 0.25) is 5.15 Å². The van der Waals surface area contributed by atoms with Crippen LogP contribution in [0.3, 0.4) is 0 Å². The van der Waals surface area contributed by atoms with Crippen LogP contribution in [0.15, 0.2) is 16.7 Å². The molecule has 16 heavy (non-hydrogen) atoms. The number of morpholine rings is 1. The van der Waals surface area contributed by atoms with Crippen molar-refractivity contribution in [3.05, 3.63) is 27.5 Å². The van der Waals surface area contributed by atoms with E-state index in [1.807, 2.05) is 0 Å². The molecule has 0 aromatic carbocycles. The molecule has 1 saturated heterocycles. The van der Waals surface area contributed by atoms with Crippen LogP contribution in [0.4, 0.5) is 0 Å². The number of nitrogens with zero attached hydrogens (tertiary/aromatic N) is 2. The molecular formula is C10H10BrClN2O2. The van der Waals surface area contributed by atoms with Crippen molar-refractivity contribution in [2.75, 3.05) is 26.3 Å². The Morgan fingerprint density at radius 3 is 2.88 bits per heavy atom. The van der Waals surface area contributed by atoms with Crippen molar-refractivity contribution in [3.8, 4) is 0 Å². The SMILES string of the molecule is O=C(c1cc(Br)cnc1Cl)N1CCOCC1. The Morgan fingerprint density at radius 1 is 1.50 bits per heavy atom. The van der Waals surface area contributed by atoms with Crippen molar-refractivity contribution >= 4 is 33.4 Å². The molecule has 86 valence electrons. The van der Waals surface area contributed by atoms with Gasteiger partial charge in [0.2, 0.25) is 0 Å². The fourth-order valence-corrected chi connectivity index (χ4v) is 2.02. The first kappa shape index (κ1) is 11.8. The summed E-state index contributed by atoms with van der Waals surface area (Å²) >= 11 is 9.17. The lowest BCUT2D eigenvalue weighted by Gasteiger charge is -2.27. The van der Waals surface area contributed by atoms with Gasteiger partial charge in [0.15, 0.2) is 0 Å². The lowest BCUT2D eigenvalue weighted by Crippen LogP contribution is -2.40. The molecule has 0 saturated carbocycles. The third kappa shape index (κ3) is 2.53. The summed E-state index contributed by atoms with van der Waals surface area (Å²) in [5.74, 6) is -0.0953. The maximum atomic E-state index is 12.1. The zero-order valence-corrected chi connectivity index (χ0v) is 10.8. The van der Waals surface area contributed by atoms with Gasteiger partial charge in [-0.15, -0.1) is 0 Å². The maximum absolute atomic E-state index is 12.1. The number of ether oxygens (including phenoxy) is 1. The quantitative estimate of drug-likeness (QED) is 0.745. The molecule has 1 fully saturated rings. The molecular weight excluding hydrogens is 295 g/mol. The van der Waals surface area contributed by atoms with Crippen LogP contribution < -0.4 is 0 Å². The molecule has 0 spiro atoms. The topological polar surface area (TPSA) is 42.4 Å². The molecule has 0 radical (unpaired) electrons. The molecule has 0 unspecified atom stereocenters. The van der Waals surface area contributed by atoms with Gasteiger partial charge in [-0.05, 0) is 22.0 Å². The van der Waals surface area contributed by atoms with Gasteiger partial charge in [-0.3, -0.25) is 4.79 Å². The molecule has 4 nitrogen and oxygen atoms in total. The summed E-state index contributed by atoms with van der Waals surface area (Å²) in [4.78, 5) is 17.8. The zero-order chi connectivity index (χ0) is 11.5. The molecule has 2 rings (SSSR count). The largest absolute Gasteiger partial charge is 0.378 e. The lowest BCUT2D eigenvalue weighted by molar-refractivity contribution is 0.0302. The number of aromatic nitrogens is 1. The predicted molar refractivity (Wildman–Crippen MR) is 63.7 cm³/mol. The summed E-state index contributed by atoms with van der Waals surface area (Å²) in [6.07, 6.45) is 1.57. The molecule has 0 atom stereocenters. The zero-order valence-electron chi connectivity index (χ0n) is 8.45. The van der Waals surface area contributed by atoms with Gasteiger partial charge in [0, 0.05) is 23.8 Å². The minimum absolute atomic E-state index is 0.0953. The molecule has 6 heteroatoms. The van der Waals surface area contributed by atoms with Gasteiger partial charge in [0.25, 0.3) is 5.91 Å². The third-order valence-corrected chi connectivity index (χ3v) is 3.07. The van der Waals surface area contributed by atoms with E-state index in [0.717, 1.165) is 4.47 Å². The van der Waals surface area contributed by atoms with Gasteiger partial charge in [-0.1, -0.05) is 11.6 Å². The lowest BCUT2D eigenvalue weighted by atomic mass is 10.2. The standard InChI is InChI=1S/C10H10BrClN2O2/c11-7-5-8(9(12)13-6-7)10(15)14-1-3-16-4-2-14/h5-6H,1-4H2. The summed E-state index contributed by atoms with van der Waals surface area (Å²) in [5, 5.41) is 0.236. The van der Waals surface area contributed by atoms with Crippen molar-refractivity contribution in [1.82, 2.24) is 9.88 Å². The minimum Gasteiger partial charge on any atom is -0.378 e. The monoisotopic (exact) mass is 304 g/mol. The average molecular weight is 306 g/mol. The Labute approximate surface area is 107 Å². The highest BCUT2D eigenvalue weighted by molar-refractivity contribution is 9.10. The molecule has 0 N–H and O–H groups in total. The molecule has 1 amide bonds. The Kier molecular flexibility index (Phi) is 3.78. The summed E-state index contributed by atoms with van der Waals surface area (Å²) < 4.78 is 5.93. The second-order valence-electron chi connectivity index (χ2n) is 3.40. The van der Waals surface area contributed by atoms with E-state index in [-0.39, 0.29) is 11.1 Å². The highest BCUT2D eigenvalue weighted by Gasteiger charge is 2.21. The van der Waals surface area contributed by atoms with Crippen LogP contribution in [0.25, 0.3) is 0 Å². The van der Waals surface area contributed by atoms with Gasteiger partial charge in [0.1, 0.15) is 5.15 Å². The van der Waals surface area contributed by atoms with Crippen LogP contribution in [0, 0.1) is 0 Å². The molecule has 1 aliphatic rings. The Morgan fingerprint density at radius 2 is 2.19 bits per heavy atom. The summed E-state index contributed by atoms with van der Waals surface area (Å²) in [6, 6.07) is 1.69. The number of amides is 1. The van der Waals surface area contributed by atoms with Gasteiger partial charge < -0.3 is 9.64 Å². The van der Waals surface area contributed by atoms with Gasteiger partial charge in [0.05, 0.1) is 18.8 Å². The number of pyridine rings is 1.